The van der Waals surface area contributed by atoms with Crippen LogP contribution in [0, 0.1) is 4.77 Å². The zero-order chi connectivity index (χ0) is 14.1. The van der Waals surface area contributed by atoms with Gasteiger partial charge in [-0.1, -0.05) is 18.2 Å². The molecular weight excluding hydrogens is 292 g/mol. The average Bonchev–Trinajstić information content (AvgIpc) is 2.46. The van der Waals surface area contributed by atoms with Crippen molar-refractivity contribution in [2.24, 2.45) is 0 Å². The van der Waals surface area contributed by atoms with Crippen LogP contribution in [0.25, 0.3) is 11.3 Å². The number of thioether (sulfide) groups is 1. The third-order valence-corrected chi connectivity index (χ3v) is 4.32. The van der Waals surface area contributed by atoms with E-state index in [0.29, 0.717) is 22.8 Å². The number of carbonyl (C=O) groups excluding carboxylic acids is 1. The van der Waals surface area contributed by atoms with Crippen LogP contribution in [0.2, 0.25) is 0 Å². The van der Waals surface area contributed by atoms with Crippen LogP contribution in [-0.4, -0.2) is 22.5 Å². The molecule has 0 saturated carbocycles. The van der Waals surface area contributed by atoms with Crippen LogP contribution < -0.4 is 0 Å². The number of nitrogens with zero attached hydrogens (tertiary/aromatic N) is 1. The van der Waals surface area contributed by atoms with Crippen molar-refractivity contribution in [1.29, 1.82) is 0 Å². The van der Waals surface area contributed by atoms with Gasteiger partial charge in [0.1, 0.15) is 5.69 Å². The van der Waals surface area contributed by atoms with E-state index in [1.165, 1.54) is 0 Å². The van der Waals surface area contributed by atoms with Crippen molar-refractivity contribution in [3.8, 4) is 11.3 Å². The van der Waals surface area contributed by atoms with E-state index in [-0.39, 0.29) is 5.97 Å². The third-order valence-electron chi connectivity index (χ3n) is 3.03. The van der Waals surface area contributed by atoms with Crippen LogP contribution in [0.1, 0.15) is 23.0 Å². The van der Waals surface area contributed by atoms with E-state index in [1.54, 1.807) is 18.7 Å². The largest absolute Gasteiger partial charge is 0.461 e. The van der Waals surface area contributed by atoms with Gasteiger partial charge in [0.05, 0.1) is 12.3 Å². The fourth-order valence-electron chi connectivity index (χ4n) is 2.18. The molecule has 3 rings (SSSR count). The first kappa shape index (κ1) is 13.3. The van der Waals surface area contributed by atoms with Crippen molar-refractivity contribution in [3.05, 3.63) is 40.3 Å². The lowest BCUT2D eigenvalue weighted by Crippen LogP contribution is -2.14. The number of ether oxygens (including phenoxy) is 1. The second-order valence-corrected chi connectivity index (χ2v) is 5.65. The molecule has 0 spiro atoms. The summed E-state index contributed by atoms with van der Waals surface area (Å²) in [7, 11) is 0. The molecule has 0 radical (unpaired) electrons. The Hall–Kier alpha value is -1.66. The Labute approximate surface area is 125 Å². The predicted octanol–water partition coefficient (Wildman–Crippen LogP) is 3.59. The molecule has 2 heterocycles. The highest BCUT2D eigenvalue weighted by molar-refractivity contribution is 7.98. The maximum absolute atomic E-state index is 12.0. The standard InChI is InChI=1S/C14H12N2O2S2/c1-2-18-13(17)12-9-7-20-10-6-4-3-5-8(10)11(9)15-14(19)16-12/h3-6H,2,7H2,1H3,(H,15,16,19). The van der Waals surface area contributed by atoms with Crippen molar-refractivity contribution in [2.45, 2.75) is 17.6 Å². The molecule has 0 bridgehead atoms. The number of rotatable bonds is 2. The molecule has 0 unspecified atom stereocenters. The molecule has 1 aromatic carbocycles. The number of esters is 1. The Bertz CT molecular complexity index is 740. The van der Waals surface area contributed by atoms with Crippen LogP contribution >= 0.6 is 24.0 Å². The molecule has 1 N–H and O–H groups in total. The van der Waals surface area contributed by atoms with Crippen LogP contribution in [0.15, 0.2) is 29.2 Å². The zero-order valence-electron chi connectivity index (χ0n) is 10.8. The summed E-state index contributed by atoms with van der Waals surface area (Å²) in [5, 5.41) is 0. The van der Waals surface area contributed by atoms with Crippen molar-refractivity contribution in [1.82, 2.24) is 9.97 Å². The van der Waals surface area contributed by atoms with E-state index in [1.807, 2.05) is 18.2 Å². The van der Waals surface area contributed by atoms with Gasteiger partial charge in [0.15, 0.2) is 4.77 Å². The van der Waals surface area contributed by atoms with E-state index in [2.05, 4.69) is 16.0 Å². The monoisotopic (exact) mass is 304 g/mol. The Morgan fingerprint density at radius 1 is 1.50 bits per heavy atom. The fourth-order valence-corrected chi connectivity index (χ4v) is 3.45. The van der Waals surface area contributed by atoms with Gasteiger partial charge in [0.2, 0.25) is 0 Å². The smallest absolute Gasteiger partial charge is 0.355 e. The summed E-state index contributed by atoms with van der Waals surface area (Å²) in [6.07, 6.45) is 0. The molecule has 0 atom stereocenters. The minimum Gasteiger partial charge on any atom is -0.461 e. The van der Waals surface area contributed by atoms with Crippen molar-refractivity contribution >= 4 is 29.9 Å². The molecule has 1 aliphatic rings. The first-order chi connectivity index (χ1) is 9.70. The predicted molar refractivity (Wildman–Crippen MR) is 80.4 cm³/mol. The molecule has 0 saturated heterocycles. The van der Waals surface area contributed by atoms with Gasteiger partial charge in [-0.25, -0.2) is 9.78 Å². The van der Waals surface area contributed by atoms with Gasteiger partial charge in [-0.2, -0.15) is 0 Å². The highest BCUT2D eigenvalue weighted by Gasteiger charge is 2.24. The number of carbonyl (C=O) groups is 1. The SMILES string of the molecule is CCOC(=O)c1[nH]c(=S)nc2c1CSc1ccccc1-2. The number of fused-ring (bicyclic) bond motifs is 3. The number of hydrogen-bond acceptors (Lipinski definition) is 5. The van der Waals surface area contributed by atoms with Crippen molar-refractivity contribution in [3.63, 3.8) is 0 Å². The number of aromatic nitrogens is 2. The van der Waals surface area contributed by atoms with Crippen LogP contribution in [0.3, 0.4) is 0 Å². The van der Waals surface area contributed by atoms with Crippen molar-refractivity contribution in [2.75, 3.05) is 6.61 Å². The Morgan fingerprint density at radius 2 is 2.30 bits per heavy atom. The minimum atomic E-state index is -0.378. The molecule has 20 heavy (non-hydrogen) atoms. The first-order valence-corrected chi connectivity index (χ1v) is 7.62. The molecule has 102 valence electrons. The number of aromatic amines is 1. The quantitative estimate of drug-likeness (QED) is 0.679. The summed E-state index contributed by atoms with van der Waals surface area (Å²) in [6, 6.07) is 8.00. The summed E-state index contributed by atoms with van der Waals surface area (Å²) in [4.78, 5) is 20.5. The molecule has 0 fully saturated rings. The van der Waals surface area contributed by atoms with E-state index >= 15 is 0 Å². The molecule has 4 nitrogen and oxygen atoms in total. The summed E-state index contributed by atoms with van der Waals surface area (Å²) in [5.74, 6) is 0.303. The molecule has 6 heteroatoms. The van der Waals surface area contributed by atoms with Gasteiger partial charge in [0.25, 0.3) is 0 Å². The maximum atomic E-state index is 12.0. The normalized spacial score (nSPS) is 12.4. The summed E-state index contributed by atoms with van der Waals surface area (Å²) >= 11 is 6.82. The number of H-pyrrole nitrogens is 1. The summed E-state index contributed by atoms with van der Waals surface area (Å²) in [5.41, 5.74) is 3.08. The lowest BCUT2D eigenvalue weighted by molar-refractivity contribution is 0.0518. The average molecular weight is 304 g/mol. The second-order valence-electron chi connectivity index (χ2n) is 4.25. The van der Waals surface area contributed by atoms with Crippen LogP contribution in [-0.2, 0) is 10.5 Å². The highest BCUT2D eigenvalue weighted by atomic mass is 32.2. The number of hydrogen-bond donors (Lipinski definition) is 1. The molecule has 1 aromatic heterocycles. The van der Waals surface area contributed by atoms with Crippen LogP contribution in [0.4, 0.5) is 0 Å². The van der Waals surface area contributed by atoms with Gasteiger partial charge < -0.3 is 9.72 Å². The Balaban J connectivity index is 2.22. The van der Waals surface area contributed by atoms with E-state index < -0.39 is 0 Å². The lowest BCUT2D eigenvalue weighted by Gasteiger charge is -2.20. The van der Waals surface area contributed by atoms with Gasteiger partial charge in [-0.05, 0) is 25.2 Å². The van der Waals surface area contributed by atoms with Gasteiger partial charge in [-0.3, -0.25) is 0 Å². The number of nitrogens with one attached hydrogen (secondary N) is 1. The Morgan fingerprint density at radius 3 is 3.10 bits per heavy atom. The lowest BCUT2D eigenvalue weighted by atomic mass is 10.0. The molecular formula is C14H12N2O2S2. The molecule has 0 amide bonds. The number of benzene rings is 1. The van der Waals surface area contributed by atoms with E-state index in [4.69, 9.17) is 17.0 Å². The second kappa shape index (κ2) is 5.38. The summed E-state index contributed by atoms with van der Waals surface area (Å²) < 4.78 is 5.38. The first-order valence-electron chi connectivity index (χ1n) is 6.23. The fraction of sp³-hybridized carbons (Fsp3) is 0.214. The highest BCUT2D eigenvalue weighted by Crippen LogP contribution is 2.40. The third kappa shape index (κ3) is 2.25. The van der Waals surface area contributed by atoms with Crippen molar-refractivity contribution < 1.29 is 9.53 Å². The van der Waals surface area contributed by atoms with Gasteiger partial charge >= 0.3 is 5.97 Å². The van der Waals surface area contributed by atoms with Gasteiger partial charge in [0, 0.05) is 21.8 Å². The zero-order valence-corrected chi connectivity index (χ0v) is 12.4. The molecule has 0 aliphatic carbocycles. The summed E-state index contributed by atoms with van der Waals surface area (Å²) in [6.45, 7) is 2.12. The van der Waals surface area contributed by atoms with E-state index in [9.17, 15) is 4.79 Å². The molecule has 2 aromatic rings. The molecule has 1 aliphatic heterocycles. The minimum absolute atomic E-state index is 0.300. The maximum Gasteiger partial charge on any atom is 0.355 e. The topological polar surface area (TPSA) is 55.0 Å². The Kier molecular flexibility index (Phi) is 3.58. The van der Waals surface area contributed by atoms with Crippen LogP contribution in [0.5, 0.6) is 0 Å². The van der Waals surface area contributed by atoms with Gasteiger partial charge in [-0.15, -0.1) is 11.8 Å². The van der Waals surface area contributed by atoms with E-state index in [0.717, 1.165) is 21.7 Å².